The number of aryl methyl sites for hydroxylation is 1. The maximum atomic E-state index is 12.5. The van der Waals surface area contributed by atoms with Gasteiger partial charge in [0.25, 0.3) is 5.91 Å². The molecular weight excluding hydrogens is 412 g/mol. The highest BCUT2D eigenvalue weighted by atomic mass is 16.4. The molecule has 3 heterocycles. The Kier molecular flexibility index (Phi) is 5.81. The van der Waals surface area contributed by atoms with Crippen LogP contribution in [0.2, 0.25) is 0 Å². The molecule has 2 aromatic heterocycles. The highest BCUT2D eigenvalue weighted by molar-refractivity contribution is 5.95. The lowest BCUT2D eigenvalue weighted by molar-refractivity contribution is 0.0955. The molecule has 0 unspecified atom stereocenters. The molecule has 2 aromatic carbocycles. The van der Waals surface area contributed by atoms with Crippen molar-refractivity contribution in [1.29, 1.82) is 0 Å². The van der Waals surface area contributed by atoms with E-state index in [9.17, 15) is 4.79 Å². The maximum Gasteiger partial charge on any atom is 0.271 e. The average Bonchev–Trinajstić information content (AvgIpc) is 3.61. The summed E-state index contributed by atoms with van der Waals surface area (Å²) in [6, 6.07) is 25.8. The molecule has 5 rings (SSSR count). The van der Waals surface area contributed by atoms with Crippen molar-refractivity contribution in [1.82, 2.24) is 9.99 Å². The number of carbonyl (C=O) groups excluding carboxylic acids is 1. The fraction of sp³-hybridized carbons (Fsp3) is 0.185. The van der Waals surface area contributed by atoms with Crippen molar-refractivity contribution in [2.24, 2.45) is 5.10 Å². The van der Waals surface area contributed by atoms with Crippen LogP contribution in [-0.2, 0) is 0 Å². The first kappa shape index (κ1) is 20.8. The first-order valence-electron chi connectivity index (χ1n) is 11.2. The van der Waals surface area contributed by atoms with Crippen molar-refractivity contribution in [3.63, 3.8) is 0 Å². The lowest BCUT2D eigenvalue weighted by atomic mass is 10.1. The molecule has 1 aliphatic rings. The van der Waals surface area contributed by atoms with Crippen LogP contribution in [0.15, 0.2) is 88.4 Å². The zero-order chi connectivity index (χ0) is 22.6. The molecule has 0 saturated carbocycles. The topological polar surface area (TPSA) is 62.8 Å². The molecule has 1 amide bonds. The number of hydrogen-bond acceptors (Lipinski definition) is 4. The molecule has 1 saturated heterocycles. The van der Waals surface area contributed by atoms with Gasteiger partial charge in [-0.2, -0.15) is 5.10 Å². The van der Waals surface area contributed by atoms with Gasteiger partial charge in [0.05, 0.1) is 11.9 Å². The molecule has 0 spiro atoms. The number of nitrogens with one attached hydrogen (secondary N) is 1. The number of amides is 1. The van der Waals surface area contributed by atoms with Gasteiger partial charge in [-0.05, 0) is 67.8 Å². The van der Waals surface area contributed by atoms with Gasteiger partial charge in [0.15, 0.2) is 5.88 Å². The van der Waals surface area contributed by atoms with Crippen molar-refractivity contribution in [3.05, 3.63) is 95.9 Å². The molecule has 1 fully saturated rings. The van der Waals surface area contributed by atoms with Crippen molar-refractivity contribution in [3.8, 4) is 16.9 Å². The van der Waals surface area contributed by atoms with Crippen LogP contribution in [0.5, 0.6) is 0 Å². The highest BCUT2D eigenvalue weighted by Crippen LogP contribution is 2.26. The number of anilines is 1. The number of nitrogens with zero attached hydrogens (tertiary/aromatic N) is 3. The number of hydrogen-bond donors (Lipinski definition) is 1. The smallest absolute Gasteiger partial charge is 0.271 e. The average molecular weight is 439 g/mol. The second-order valence-corrected chi connectivity index (χ2v) is 8.18. The van der Waals surface area contributed by atoms with Crippen LogP contribution < -0.4 is 10.3 Å². The number of furan rings is 1. The Morgan fingerprint density at radius 1 is 0.939 bits per heavy atom. The van der Waals surface area contributed by atoms with Gasteiger partial charge in [0, 0.05) is 36.1 Å². The van der Waals surface area contributed by atoms with Gasteiger partial charge >= 0.3 is 0 Å². The molecular formula is C27H26N4O2. The summed E-state index contributed by atoms with van der Waals surface area (Å²) in [6.07, 6.45) is 3.91. The van der Waals surface area contributed by atoms with Gasteiger partial charge in [0.1, 0.15) is 5.76 Å². The van der Waals surface area contributed by atoms with Gasteiger partial charge < -0.3 is 13.9 Å². The summed E-state index contributed by atoms with van der Waals surface area (Å²) in [5.41, 5.74) is 7.51. The molecule has 4 aromatic rings. The molecule has 0 aliphatic carbocycles. The van der Waals surface area contributed by atoms with E-state index in [4.69, 9.17) is 4.42 Å². The molecule has 6 heteroatoms. The molecule has 1 N–H and O–H groups in total. The summed E-state index contributed by atoms with van der Waals surface area (Å²) in [5, 5.41) is 4.06. The van der Waals surface area contributed by atoms with Crippen molar-refractivity contribution in [2.75, 3.05) is 18.0 Å². The van der Waals surface area contributed by atoms with E-state index in [1.165, 1.54) is 19.1 Å². The predicted octanol–water partition coefficient (Wildman–Crippen LogP) is 5.41. The zero-order valence-corrected chi connectivity index (χ0v) is 18.6. The molecule has 166 valence electrons. The molecule has 33 heavy (non-hydrogen) atoms. The van der Waals surface area contributed by atoms with Crippen molar-refractivity contribution >= 4 is 18.0 Å². The third kappa shape index (κ3) is 4.46. The second kappa shape index (κ2) is 9.20. The van der Waals surface area contributed by atoms with Gasteiger partial charge in [-0.3, -0.25) is 4.79 Å². The van der Waals surface area contributed by atoms with E-state index in [-0.39, 0.29) is 5.91 Å². The summed E-state index contributed by atoms with van der Waals surface area (Å²) in [5.74, 6) is 1.20. The van der Waals surface area contributed by atoms with Crippen LogP contribution >= 0.6 is 0 Å². The summed E-state index contributed by atoms with van der Waals surface area (Å²) in [7, 11) is 0. The molecule has 1 aliphatic heterocycles. The van der Waals surface area contributed by atoms with Gasteiger partial charge in [-0.25, -0.2) is 5.43 Å². The normalized spacial score (nSPS) is 13.7. The first-order valence-corrected chi connectivity index (χ1v) is 11.2. The Bertz CT molecular complexity index is 1260. The van der Waals surface area contributed by atoms with E-state index in [1.807, 2.05) is 54.6 Å². The number of aromatic nitrogens is 1. The zero-order valence-electron chi connectivity index (χ0n) is 18.6. The fourth-order valence-electron chi connectivity index (χ4n) is 4.22. The van der Waals surface area contributed by atoms with Crippen LogP contribution in [0.25, 0.3) is 16.9 Å². The third-order valence-corrected chi connectivity index (χ3v) is 5.92. The van der Waals surface area contributed by atoms with Gasteiger partial charge in [0.2, 0.25) is 0 Å². The lowest BCUT2D eigenvalue weighted by Gasteiger charge is -2.12. The standard InChI is InChI=1S/C27H26N4O2/c1-20-9-15-25(21-7-3-2-4-8-21)31(20)23-12-10-22(11-13-23)27(32)29-28-19-24-14-16-26(33-24)30-17-5-6-18-30/h2-4,7-16,19H,5-6,17-18H2,1H3,(H,29,32)/b28-19+. The van der Waals surface area contributed by atoms with Gasteiger partial charge in [-0.1, -0.05) is 30.3 Å². The highest BCUT2D eigenvalue weighted by Gasteiger charge is 2.15. The van der Waals surface area contributed by atoms with Crippen LogP contribution in [0, 0.1) is 6.92 Å². The fourth-order valence-corrected chi connectivity index (χ4v) is 4.22. The lowest BCUT2D eigenvalue weighted by Crippen LogP contribution is -2.17. The van der Waals surface area contributed by atoms with Crippen molar-refractivity contribution in [2.45, 2.75) is 19.8 Å². The van der Waals surface area contributed by atoms with Crippen LogP contribution in [-0.4, -0.2) is 29.8 Å². The quantitative estimate of drug-likeness (QED) is 0.323. The summed E-state index contributed by atoms with van der Waals surface area (Å²) >= 11 is 0. The van der Waals surface area contributed by atoms with Crippen LogP contribution in [0.1, 0.15) is 34.7 Å². The minimum absolute atomic E-state index is 0.267. The Hall–Kier alpha value is -4.06. The number of carbonyl (C=O) groups is 1. The number of rotatable bonds is 6. The van der Waals surface area contributed by atoms with Crippen LogP contribution in [0.3, 0.4) is 0 Å². The molecule has 0 bridgehead atoms. The predicted molar refractivity (Wildman–Crippen MR) is 131 cm³/mol. The van der Waals surface area contributed by atoms with E-state index in [0.717, 1.165) is 41.6 Å². The Morgan fingerprint density at radius 2 is 1.70 bits per heavy atom. The number of benzene rings is 2. The summed E-state index contributed by atoms with van der Waals surface area (Å²) in [4.78, 5) is 14.7. The molecule has 6 nitrogen and oxygen atoms in total. The summed E-state index contributed by atoms with van der Waals surface area (Å²) in [6.45, 7) is 4.12. The Balaban J connectivity index is 1.26. The van der Waals surface area contributed by atoms with E-state index < -0.39 is 0 Å². The maximum absolute atomic E-state index is 12.5. The van der Waals surface area contributed by atoms with E-state index >= 15 is 0 Å². The largest absolute Gasteiger partial charge is 0.440 e. The summed E-state index contributed by atoms with van der Waals surface area (Å²) < 4.78 is 7.98. The van der Waals surface area contributed by atoms with Crippen molar-refractivity contribution < 1.29 is 9.21 Å². The minimum atomic E-state index is -0.267. The van der Waals surface area contributed by atoms with Crippen LogP contribution in [0.4, 0.5) is 5.88 Å². The van der Waals surface area contributed by atoms with Gasteiger partial charge in [-0.15, -0.1) is 0 Å². The SMILES string of the molecule is Cc1ccc(-c2ccccc2)n1-c1ccc(C(=O)N/N=C/c2ccc(N3CCCC3)o2)cc1. The second-order valence-electron chi connectivity index (χ2n) is 8.18. The van der Waals surface area contributed by atoms with E-state index in [1.54, 1.807) is 0 Å². The Labute approximate surface area is 193 Å². The Morgan fingerprint density at radius 3 is 2.45 bits per heavy atom. The van der Waals surface area contributed by atoms with E-state index in [0.29, 0.717) is 11.3 Å². The first-order chi connectivity index (χ1) is 16.2. The molecule has 0 radical (unpaired) electrons. The third-order valence-electron chi connectivity index (χ3n) is 5.92. The monoisotopic (exact) mass is 438 g/mol. The number of hydrazone groups is 1. The molecule has 0 atom stereocenters. The minimum Gasteiger partial charge on any atom is -0.440 e. The van der Waals surface area contributed by atoms with E-state index in [2.05, 4.69) is 51.2 Å².